The third kappa shape index (κ3) is 9.43. The predicted octanol–water partition coefficient (Wildman–Crippen LogP) is 1.28. The molecule has 0 atom stereocenters. The van der Waals surface area contributed by atoms with Crippen molar-refractivity contribution in [2.24, 2.45) is 0 Å². The van der Waals surface area contributed by atoms with E-state index in [9.17, 15) is 0 Å². The number of unbranched alkanes of at least 4 members (excludes halogenated alkanes) is 1. The van der Waals surface area contributed by atoms with Crippen LogP contribution in [-0.4, -0.2) is 13.2 Å². The first-order chi connectivity index (χ1) is 14.8. The molecule has 2 nitrogen and oxygen atoms in total. The summed E-state index contributed by atoms with van der Waals surface area (Å²) in [6.45, 7) is 6.17. The van der Waals surface area contributed by atoms with Gasteiger partial charge in [-0.25, -0.2) is 0 Å². The molecule has 0 aromatic rings. The SMILES string of the molecule is CCCC[O][Hf+]([C]1=CC=CC1)[C]1=CC=CC1.CC[O][Hf+]([C]1=CC=CC1)[C]1=CC=CC1.[Cl-].[Cl-]. The van der Waals surface area contributed by atoms with Gasteiger partial charge in [0.05, 0.1) is 0 Å². The maximum atomic E-state index is 6.25. The summed E-state index contributed by atoms with van der Waals surface area (Å²) in [6, 6.07) is 0. The van der Waals surface area contributed by atoms with E-state index >= 15 is 0 Å². The van der Waals surface area contributed by atoms with Crippen LogP contribution < -0.4 is 24.8 Å². The van der Waals surface area contributed by atoms with Gasteiger partial charge in [0.15, 0.2) is 0 Å². The predicted molar refractivity (Wildman–Crippen MR) is 120 cm³/mol. The van der Waals surface area contributed by atoms with Crippen LogP contribution in [0.4, 0.5) is 0 Å². The molecular formula is C26H34Cl2Hf2O2. The third-order valence-electron chi connectivity index (χ3n) is 5.28. The summed E-state index contributed by atoms with van der Waals surface area (Å²) in [7, 11) is 0. The summed E-state index contributed by atoms with van der Waals surface area (Å²) in [5.74, 6) is 0. The van der Waals surface area contributed by atoms with Crippen LogP contribution in [0.25, 0.3) is 0 Å². The Hall–Kier alpha value is 0.160. The van der Waals surface area contributed by atoms with Crippen molar-refractivity contribution in [3.8, 4) is 0 Å². The van der Waals surface area contributed by atoms with Crippen LogP contribution in [0.2, 0.25) is 0 Å². The number of rotatable bonds is 10. The first-order valence-electron chi connectivity index (χ1n) is 11.3. The fourth-order valence-electron chi connectivity index (χ4n) is 3.71. The van der Waals surface area contributed by atoms with Crippen LogP contribution in [0, 0.1) is 0 Å². The number of halogens is 2. The first kappa shape index (κ1) is 30.2. The number of hydrogen-bond donors (Lipinski definition) is 0. The topological polar surface area (TPSA) is 18.5 Å². The molecule has 4 aliphatic rings. The Labute approximate surface area is 224 Å². The van der Waals surface area contributed by atoms with Gasteiger partial charge in [0.2, 0.25) is 0 Å². The molecule has 0 aliphatic heterocycles. The molecule has 0 amide bonds. The van der Waals surface area contributed by atoms with E-state index in [0.29, 0.717) is 0 Å². The van der Waals surface area contributed by atoms with E-state index in [1.54, 1.807) is 13.3 Å². The molecule has 0 spiro atoms. The Morgan fingerprint density at radius 3 is 1.28 bits per heavy atom. The van der Waals surface area contributed by atoms with Gasteiger partial charge in [0, 0.05) is 0 Å². The summed E-state index contributed by atoms with van der Waals surface area (Å²) < 4.78 is 18.7. The second kappa shape index (κ2) is 17.6. The molecule has 0 radical (unpaired) electrons. The smallest absolute Gasteiger partial charge is 1.00 e. The molecule has 6 heteroatoms. The number of allylic oxidation sites excluding steroid dienone is 16. The van der Waals surface area contributed by atoms with E-state index in [0.717, 1.165) is 38.9 Å². The molecule has 0 fully saturated rings. The first-order valence-corrected chi connectivity index (χ1v) is 21.4. The largest absolute Gasteiger partial charge is 1.00 e. The van der Waals surface area contributed by atoms with Crippen molar-refractivity contribution < 1.29 is 74.3 Å². The quantitative estimate of drug-likeness (QED) is 0.245. The average Bonchev–Trinajstić information content (AvgIpc) is 3.59. The van der Waals surface area contributed by atoms with E-state index in [1.165, 1.54) is 12.8 Å². The Bertz CT molecular complexity index is 760. The zero-order chi connectivity index (χ0) is 21.0. The fraction of sp³-hybridized carbons (Fsp3) is 0.385. The van der Waals surface area contributed by atoms with Crippen LogP contribution in [0.3, 0.4) is 0 Å². The average molecular weight is 806 g/mol. The Morgan fingerprint density at radius 1 is 0.625 bits per heavy atom. The monoisotopic (exact) mass is 808 g/mol. The molecule has 0 aromatic carbocycles. The molecule has 0 unspecified atom stereocenters. The molecule has 0 N–H and O–H groups in total. The molecule has 0 heterocycles. The van der Waals surface area contributed by atoms with Gasteiger partial charge in [0.25, 0.3) is 0 Å². The van der Waals surface area contributed by atoms with Gasteiger partial charge >= 0.3 is 201 Å². The van der Waals surface area contributed by atoms with E-state index < -0.39 is 43.7 Å². The molecule has 0 saturated carbocycles. The Morgan fingerprint density at radius 2 is 1.00 bits per heavy atom. The Balaban J connectivity index is 0.000000303. The van der Waals surface area contributed by atoms with Crippen molar-refractivity contribution >= 4 is 0 Å². The molecule has 4 rings (SSSR count). The summed E-state index contributed by atoms with van der Waals surface area (Å²) in [6.07, 6.45) is 33.8. The second-order valence-electron chi connectivity index (χ2n) is 7.59. The van der Waals surface area contributed by atoms with E-state index in [4.69, 9.17) is 5.71 Å². The standard InChI is InChI=1S/4C5H5.C4H9O.C2H5O.2ClH.2Hf/c4*1-2-4-5-3-1;1-2-3-4-5;1-2-3;;;;/h4*1-3H,4H2;2-4H2,1H3;2H2,1H3;2*1H;;/q;;;;2*-1;;;2*+2/p-2. The minimum Gasteiger partial charge on any atom is -1.00 e. The fourth-order valence-corrected chi connectivity index (χ4v) is 19.5. The van der Waals surface area contributed by atoms with Crippen LogP contribution in [0.5, 0.6) is 0 Å². The summed E-state index contributed by atoms with van der Waals surface area (Å²) in [5, 5.41) is 0. The van der Waals surface area contributed by atoms with Crippen LogP contribution in [-0.2, 0) is 49.5 Å². The van der Waals surface area contributed by atoms with Crippen LogP contribution >= 0.6 is 0 Å². The van der Waals surface area contributed by atoms with Gasteiger partial charge in [-0.3, -0.25) is 0 Å². The van der Waals surface area contributed by atoms with Gasteiger partial charge in [-0.15, -0.1) is 0 Å². The summed E-state index contributed by atoms with van der Waals surface area (Å²) in [5.41, 5.74) is 0. The van der Waals surface area contributed by atoms with Crippen LogP contribution in [0.15, 0.2) is 86.2 Å². The van der Waals surface area contributed by atoms with Gasteiger partial charge in [0.1, 0.15) is 0 Å². The van der Waals surface area contributed by atoms with Crippen molar-refractivity contribution in [3.63, 3.8) is 0 Å². The van der Waals surface area contributed by atoms with Crippen molar-refractivity contribution in [2.75, 3.05) is 13.2 Å². The molecule has 0 bridgehead atoms. The van der Waals surface area contributed by atoms with E-state index in [2.05, 4.69) is 86.8 Å². The van der Waals surface area contributed by atoms with Gasteiger partial charge in [-0.2, -0.15) is 0 Å². The molecule has 0 saturated heterocycles. The van der Waals surface area contributed by atoms with Crippen molar-refractivity contribution in [2.45, 2.75) is 52.4 Å². The van der Waals surface area contributed by atoms with Crippen molar-refractivity contribution in [1.29, 1.82) is 0 Å². The maximum Gasteiger partial charge on any atom is -1.00 e. The Kier molecular flexibility index (Phi) is 16.6. The minimum atomic E-state index is -2.07. The van der Waals surface area contributed by atoms with Crippen molar-refractivity contribution in [1.82, 2.24) is 0 Å². The summed E-state index contributed by atoms with van der Waals surface area (Å²) >= 11 is -4.09. The molecule has 0 aromatic heterocycles. The molecule has 172 valence electrons. The number of hydrogen-bond acceptors (Lipinski definition) is 2. The normalized spacial score (nSPS) is 17.1. The molecule has 4 aliphatic carbocycles. The van der Waals surface area contributed by atoms with Crippen LogP contribution in [0.1, 0.15) is 52.4 Å². The zero-order valence-corrected chi connectivity index (χ0v) is 27.9. The third-order valence-corrected chi connectivity index (χ3v) is 22.8. The summed E-state index contributed by atoms with van der Waals surface area (Å²) in [4.78, 5) is 0. The minimum absolute atomic E-state index is 0. The van der Waals surface area contributed by atoms with Crippen molar-refractivity contribution in [3.05, 3.63) is 86.2 Å². The van der Waals surface area contributed by atoms with E-state index in [-0.39, 0.29) is 24.8 Å². The second-order valence-corrected chi connectivity index (χ2v) is 23.6. The zero-order valence-electron chi connectivity index (χ0n) is 19.2. The van der Waals surface area contributed by atoms with Gasteiger partial charge in [-0.05, 0) is 0 Å². The van der Waals surface area contributed by atoms with Gasteiger partial charge < -0.3 is 24.8 Å². The van der Waals surface area contributed by atoms with E-state index in [1.807, 2.05) is 0 Å². The maximum absolute atomic E-state index is 6.25. The molecular weight excluding hydrogens is 772 g/mol. The van der Waals surface area contributed by atoms with Gasteiger partial charge in [-0.1, -0.05) is 0 Å². The molecule has 32 heavy (non-hydrogen) atoms.